The summed E-state index contributed by atoms with van der Waals surface area (Å²) >= 11 is 0. The van der Waals surface area contributed by atoms with Crippen molar-refractivity contribution in [2.24, 2.45) is 5.73 Å². The van der Waals surface area contributed by atoms with E-state index in [1.165, 1.54) is 6.92 Å². The van der Waals surface area contributed by atoms with Crippen LogP contribution in [0.5, 0.6) is 5.75 Å². The lowest BCUT2D eigenvalue weighted by Crippen LogP contribution is -2.24. The Balaban J connectivity index is 3.02. The summed E-state index contributed by atoms with van der Waals surface area (Å²) in [4.78, 5) is 0. The van der Waals surface area contributed by atoms with Gasteiger partial charge in [0.05, 0.1) is 6.10 Å². The van der Waals surface area contributed by atoms with Gasteiger partial charge in [-0.25, -0.2) is 4.39 Å². The fourth-order valence-electron chi connectivity index (χ4n) is 1.21. The van der Waals surface area contributed by atoms with Crippen LogP contribution in [-0.2, 0) is 0 Å². The lowest BCUT2D eigenvalue weighted by atomic mass is 10.0. The Morgan fingerprint density at radius 3 is 2.41 bits per heavy atom. The van der Waals surface area contributed by atoms with Gasteiger partial charge in [-0.15, -0.1) is 13.2 Å². The van der Waals surface area contributed by atoms with Crippen molar-refractivity contribution in [1.29, 1.82) is 0 Å². The number of nitrogens with two attached hydrogens (primary N) is 1. The fraction of sp³-hybridized carbons (Fsp3) is 0.400. The van der Waals surface area contributed by atoms with E-state index in [2.05, 4.69) is 4.74 Å². The van der Waals surface area contributed by atoms with E-state index in [1.54, 1.807) is 0 Å². The van der Waals surface area contributed by atoms with E-state index in [0.29, 0.717) is 0 Å². The maximum absolute atomic E-state index is 13.0. The van der Waals surface area contributed by atoms with Crippen LogP contribution in [0.15, 0.2) is 18.2 Å². The zero-order valence-corrected chi connectivity index (χ0v) is 8.83. The number of ether oxygens (including phenoxy) is 1. The van der Waals surface area contributed by atoms with E-state index in [9.17, 15) is 22.7 Å². The minimum atomic E-state index is -4.99. The third kappa shape index (κ3) is 3.86. The largest absolute Gasteiger partial charge is 0.573 e. The van der Waals surface area contributed by atoms with Gasteiger partial charge in [-0.1, -0.05) is 6.07 Å². The molecule has 0 bridgehead atoms. The lowest BCUT2D eigenvalue weighted by molar-refractivity contribution is -0.275. The lowest BCUT2D eigenvalue weighted by Gasteiger charge is -2.16. The number of hydrogen-bond donors (Lipinski definition) is 2. The molecule has 0 saturated carbocycles. The molecule has 0 aromatic heterocycles. The Morgan fingerprint density at radius 2 is 1.94 bits per heavy atom. The van der Waals surface area contributed by atoms with Crippen molar-refractivity contribution in [3.8, 4) is 5.75 Å². The molecule has 0 aliphatic heterocycles. The van der Waals surface area contributed by atoms with Gasteiger partial charge in [-0.2, -0.15) is 0 Å². The van der Waals surface area contributed by atoms with Crippen molar-refractivity contribution in [2.45, 2.75) is 25.4 Å². The standard InChI is InChI=1S/C10H11F4NO2/c1-5(15)9(16)6-2-3-7(11)8(4-6)17-10(12,13)14/h2-5,9,16H,15H2,1H3/t5-,9-/m1/s1. The molecule has 0 amide bonds. The van der Waals surface area contributed by atoms with E-state index in [1.807, 2.05) is 0 Å². The normalized spacial score (nSPS) is 15.5. The molecular weight excluding hydrogens is 242 g/mol. The van der Waals surface area contributed by atoms with Crippen LogP contribution in [0.1, 0.15) is 18.6 Å². The van der Waals surface area contributed by atoms with Crippen LogP contribution >= 0.6 is 0 Å². The highest BCUT2D eigenvalue weighted by molar-refractivity contribution is 5.32. The molecule has 7 heteroatoms. The minimum absolute atomic E-state index is 0.0562. The van der Waals surface area contributed by atoms with Crippen molar-refractivity contribution in [1.82, 2.24) is 0 Å². The maximum atomic E-state index is 13.0. The molecule has 17 heavy (non-hydrogen) atoms. The molecule has 96 valence electrons. The molecule has 0 aliphatic carbocycles. The minimum Gasteiger partial charge on any atom is -0.403 e. The van der Waals surface area contributed by atoms with Gasteiger partial charge >= 0.3 is 6.36 Å². The highest BCUT2D eigenvalue weighted by Gasteiger charge is 2.32. The zero-order valence-electron chi connectivity index (χ0n) is 8.83. The van der Waals surface area contributed by atoms with Crippen molar-refractivity contribution in [3.05, 3.63) is 29.6 Å². The van der Waals surface area contributed by atoms with Crippen LogP contribution in [0.2, 0.25) is 0 Å². The molecule has 1 aromatic rings. The number of aliphatic hydroxyl groups is 1. The van der Waals surface area contributed by atoms with Gasteiger partial charge in [0.15, 0.2) is 11.6 Å². The van der Waals surface area contributed by atoms with Crippen LogP contribution < -0.4 is 10.5 Å². The average Bonchev–Trinajstić information content (AvgIpc) is 2.18. The second kappa shape index (κ2) is 4.89. The summed E-state index contributed by atoms with van der Waals surface area (Å²) in [5.41, 5.74) is 5.43. The molecule has 0 aliphatic rings. The van der Waals surface area contributed by atoms with Crippen molar-refractivity contribution in [2.75, 3.05) is 0 Å². The van der Waals surface area contributed by atoms with Crippen molar-refractivity contribution >= 4 is 0 Å². The number of aliphatic hydroxyl groups excluding tert-OH is 1. The molecule has 3 N–H and O–H groups in total. The van der Waals surface area contributed by atoms with E-state index in [4.69, 9.17) is 5.73 Å². The second-order valence-electron chi connectivity index (χ2n) is 3.54. The molecule has 1 rings (SSSR count). The third-order valence-corrected chi connectivity index (χ3v) is 2.02. The van der Waals surface area contributed by atoms with Gasteiger partial charge in [0.25, 0.3) is 0 Å². The molecule has 0 heterocycles. The summed E-state index contributed by atoms with van der Waals surface area (Å²) in [6.45, 7) is 1.47. The maximum Gasteiger partial charge on any atom is 0.573 e. The van der Waals surface area contributed by atoms with Gasteiger partial charge in [-0.05, 0) is 24.6 Å². The molecule has 2 atom stereocenters. The average molecular weight is 253 g/mol. The van der Waals surface area contributed by atoms with E-state index >= 15 is 0 Å². The SMILES string of the molecule is C[C@@H](N)[C@@H](O)c1ccc(F)c(OC(F)(F)F)c1. The van der Waals surface area contributed by atoms with Crippen molar-refractivity contribution < 1.29 is 27.4 Å². The first-order valence-electron chi connectivity index (χ1n) is 4.69. The summed E-state index contributed by atoms with van der Waals surface area (Å²) in [6.07, 6.45) is -6.18. The topological polar surface area (TPSA) is 55.5 Å². The first kappa shape index (κ1) is 13.7. The quantitative estimate of drug-likeness (QED) is 0.811. The molecule has 0 radical (unpaired) electrons. The van der Waals surface area contributed by atoms with Gasteiger partial charge in [-0.3, -0.25) is 0 Å². The highest BCUT2D eigenvalue weighted by atomic mass is 19.4. The second-order valence-corrected chi connectivity index (χ2v) is 3.54. The third-order valence-electron chi connectivity index (χ3n) is 2.02. The van der Waals surface area contributed by atoms with Crippen LogP contribution in [0, 0.1) is 5.82 Å². The van der Waals surface area contributed by atoms with Crippen LogP contribution in [0.3, 0.4) is 0 Å². The Bertz CT molecular complexity index is 392. The summed E-state index contributed by atoms with van der Waals surface area (Å²) in [5.74, 6) is -2.15. The zero-order chi connectivity index (χ0) is 13.2. The Hall–Kier alpha value is -1.34. The molecule has 0 spiro atoms. The van der Waals surface area contributed by atoms with Gasteiger partial charge in [0.2, 0.25) is 0 Å². The smallest absolute Gasteiger partial charge is 0.403 e. The number of rotatable bonds is 3. The molecular formula is C10H11F4NO2. The molecule has 1 aromatic carbocycles. The first-order chi connectivity index (χ1) is 7.70. The van der Waals surface area contributed by atoms with Gasteiger partial charge in [0.1, 0.15) is 0 Å². The Labute approximate surface area is 94.8 Å². The fourth-order valence-corrected chi connectivity index (χ4v) is 1.21. The van der Waals surface area contributed by atoms with Crippen LogP contribution in [0.25, 0.3) is 0 Å². The van der Waals surface area contributed by atoms with E-state index < -0.39 is 30.1 Å². The Morgan fingerprint density at radius 1 is 1.35 bits per heavy atom. The molecule has 0 unspecified atom stereocenters. The summed E-state index contributed by atoms with van der Waals surface area (Å²) in [5, 5.41) is 9.53. The molecule has 0 saturated heterocycles. The number of benzene rings is 1. The van der Waals surface area contributed by atoms with Crippen molar-refractivity contribution in [3.63, 3.8) is 0 Å². The Kier molecular flexibility index (Phi) is 3.94. The van der Waals surface area contributed by atoms with E-state index in [0.717, 1.165) is 18.2 Å². The predicted octanol–water partition coefficient (Wildman–Crippen LogP) is 2.10. The molecule has 0 fully saturated rings. The summed E-state index contributed by atoms with van der Waals surface area (Å²) in [7, 11) is 0. The summed E-state index contributed by atoms with van der Waals surface area (Å²) < 4.78 is 52.3. The number of halogens is 4. The van der Waals surface area contributed by atoms with Gasteiger partial charge in [0, 0.05) is 6.04 Å². The number of alkyl halides is 3. The number of hydrogen-bond acceptors (Lipinski definition) is 3. The molecule has 3 nitrogen and oxygen atoms in total. The van der Waals surface area contributed by atoms with Crippen LogP contribution in [0.4, 0.5) is 17.6 Å². The van der Waals surface area contributed by atoms with Gasteiger partial charge < -0.3 is 15.6 Å². The highest BCUT2D eigenvalue weighted by Crippen LogP contribution is 2.28. The monoisotopic (exact) mass is 253 g/mol. The first-order valence-corrected chi connectivity index (χ1v) is 4.69. The van der Waals surface area contributed by atoms with E-state index in [-0.39, 0.29) is 5.56 Å². The summed E-state index contributed by atoms with van der Waals surface area (Å²) in [6, 6.07) is 2.00. The van der Waals surface area contributed by atoms with Crippen LogP contribution in [-0.4, -0.2) is 17.5 Å². The predicted molar refractivity (Wildman–Crippen MR) is 51.7 cm³/mol.